The van der Waals surface area contributed by atoms with Crippen molar-refractivity contribution in [3.8, 4) is 0 Å². The molecule has 0 aromatic heterocycles. The van der Waals surface area contributed by atoms with Crippen LogP contribution in [0.15, 0.2) is 0 Å². The highest BCUT2D eigenvalue weighted by Gasteiger charge is 2.06. The maximum absolute atomic E-state index is 10.4. The highest BCUT2D eigenvalue weighted by atomic mass is 16.5. The van der Waals surface area contributed by atoms with E-state index in [1.54, 1.807) is 7.05 Å². The highest BCUT2D eigenvalue weighted by molar-refractivity contribution is 5.79. The zero-order valence-electron chi connectivity index (χ0n) is 5.39. The van der Waals surface area contributed by atoms with Gasteiger partial charge in [0.05, 0.1) is 0 Å². The van der Waals surface area contributed by atoms with Crippen molar-refractivity contribution in [3.63, 3.8) is 0 Å². The first-order valence-corrected chi connectivity index (χ1v) is 2.43. The van der Waals surface area contributed by atoms with Gasteiger partial charge in [-0.2, -0.15) is 0 Å². The van der Waals surface area contributed by atoms with E-state index in [1.165, 1.54) is 14.0 Å². The van der Waals surface area contributed by atoms with Crippen molar-refractivity contribution in [1.82, 2.24) is 5.32 Å². The van der Waals surface area contributed by atoms with Gasteiger partial charge in [0.1, 0.15) is 0 Å². The Balaban J connectivity index is 3.52. The van der Waals surface area contributed by atoms with Gasteiger partial charge < -0.3 is 4.74 Å². The number of likely N-dealkylation sites (N-methyl/N-ethyl adjacent to an activating group) is 1. The first-order chi connectivity index (χ1) is 3.72. The molecule has 0 aliphatic rings. The zero-order valence-corrected chi connectivity index (χ0v) is 5.39. The number of nitrogens with one attached hydrogen (secondary N) is 1. The fourth-order valence-electron chi connectivity index (χ4n) is 0.487. The first-order valence-electron chi connectivity index (χ1n) is 2.43. The topological polar surface area (TPSA) is 38.3 Å². The molecule has 48 valence electrons. The molecule has 0 radical (unpaired) electrons. The lowest BCUT2D eigenvalue weighted by Gasteiger charge is -2.08. The number of Topliss-reactive ketones (excluding diaryl/α,β-unsaturated/α-hetero) is 1. The van der Waals surface area contributed by atoms with Crippen LogP contribution in [0.1, 0.15) is 6.92 Å². The minimum atomic E-state index is -0.435. The van der Waals surface area contributed by atoms with Gasteiger partial charge in [0, 0.05) is 7.11 Å². The van der Waals surface area contributed by atoms with Crippen molar-refractivity contribution >= 4 is 5.78 Å². The van der Waals surface area contributed by atoms with Crippen LogP contribution in [0.5, 0.6) is 0 Å². The molecule has 0 fully saturated rings. The summed E-state index contributed by atoms with van der Waals surface area (Å²) >= 11 is 0. The number of carbonyl (C=O) groups is 1. The van der Waals surface area contributed by atoms with Crippen molar-refractivity contribution in [3.05, 3.63) is 0 Å². The molecular formula is C5H11NO2. The number of hydrogen-bond acceptors (Lipinski definition) is 3. The van der Waals surface area contributed by atoms with E-state index in [1.807, 2.05) is 0 Å². The molecule has 8 heavy (non-hydrogen) atoms. The summed E-state index contributed by atoms with van der Waals surface area (Å²) in [7, 11) is 3.16. The average Bonchev–Trinajstić information content (AvgIpc) is 1.69. The van der Waals surface area contributed by atoms with Crippen LogP contribution >= 0.6 is 0 Å². The lowest BCUT2D eigenvalue weighted by atomic mass is 10.4. The summed E-state index contributed by atoms with van der Waals surface area (Å²) in [5.74, 6) is -0.00463. The normalized spacial score (nSPS) is 13.4. The van der Waals surface area contributed by atoms with Gasteiger partial charge in [-0.15, -0.1) is 0 Å². The van der Waals surface area contributed by atoms with E-state index in [-0.39, 0.29) is 5.78 Å². The molecular weight excluding hydrogens is 106 g/mol. The SMILES string of the molecule is CNC(OC)C(C)=O. The number of ether oxygens (including phenoxy) is 1. The molecule has 0 rings (SSSR count). The smallest absolute Gasteiger partial charge is 0.173 e. The zero-order chi connectivity index (χ0) is 6.57. The lowest BCUT2D eigenvalue weighted by molar-refractivity contribution is -0.128. The summed E-state index contributed by atoms with van der Waals surface area (Å²) in [6.07, 6.45) is -0.435. The average molecular weight is 117 g/mol. The molecule has 1 N–H and O–H groups in total. The van der Waals surface area contributed by atoms with Crippen LogP contribution < -0.4 is 5.32 Å². The van der Waals surface area contributed by atoms with Gasteiger partial charge in [-0.25, -0.2) is 0 Å². The lowest BCUT2D eigenvalue weighted by Crippen LogP contribution is -2.33. The molecule has 0 spiro atoms. The summed E-state index contributed by atoms with van der Waals surface area (Å²) in [6, 6.07) is 0. The van der Waals surface area contributed by atoms with Crippen LogP contribution in [-0.2, 0) is 9.53 Å². The van der Waals surface area contributed by atoms with Crippen molar-refractivity contribution in [1.29, 1.82) is 0 Å². The monoisotopic (exact) mass is 117 g/mol. The third kappa shape index (κ3) is 2.04. The number of methoxy groups -OCH3 is 1. The number of ketones is 1. The van der Waals surface area contributed by atoms with Crippen LogP contribution in [0.25, 0.3) is 0 Å². The quantitative estimate of drug-likeness (QED) is 0.519. The largest absolute Gasteiger partial charge is 0.359 e. The van der Waals surface area contributed by atoms with Gasteiger partial charge in [0.25, 0.3) is 0 Å². The number of rotatable bonds is 3. The molecule has 0 saturated carbocycles. The summed E-state index contributed by atoms with van der Waals surface area (Å²) < 4.78 is 4.70. The second-order valence-electron chi connectivity index (χ2n) is 1.52. The standard InChI is InChI=1S/C5H11NO2/c1-4(7)5(6-2)8-3/h5-6H,1-3H3. The van der Waals surface area contributed by atoms with Gasteiger partial charge in [-0.05, 0) is 14.0 Å². The molecule has 1 atom stereocenters. The van der Waals surface area contributed by atoms with E-state index in [2.05, 4.69) is 5.32 Å². The fraction of sp³-hybridized carbons (Fsp3) is 0.800. The predicted octanol–water partition coefficient (Wildman–Crippen LogP) is -0.233. The van der Waals surface area contributed by atoms with E-state index < -0.39 is 6.23 Å². The third-order valence-electron chi connectivity index (χ3n) is 0.867. The number of carbonyl (C=O) groups excluding carboxylic acids is 1. The molecule has 0 bridgehead atoms. The fourth-order valence-corrected chi connectivity index (χ4v) is 0.487. The van der Waals surface area contributed by atoms with Crippen molar-refractivity contribution in [2.24, 2.45) is 0 Å². The second kappa shape index (κ2) is 3.57. The van der Waals surface area contributed by atoms with Gasteiger partial charge in [0.15, 0.2) is 12.0 Å². The Labute approximate surface area is 49.0 Å². The van der Waals surface area contributed by atoms with Crippen LogP contribution in [0.4, 0.5) is 0 Å². The molecule has 0 saturated heterocycles. The molecule has 0 aromatic rings. The van der Waals surface area contributed by atoms with E-state index in [0.29, 0.717) is 0 Å². The predicted molar refractivity (Wildman–Crippen MR) is 30.5 cm³/mol. The van der Waals surface area contributed by atoms with Crippen LogP contribution in [0.3, 0.4) is 0 Å². The van der Waals surface area contributed by atoms with E-state index >= 15 is 0 Å². The minimum absolute atomic E-state index is 0.00463. The number of hydrogen-bond donors (Lipinski definition) is 1. The van der Waals surface area contributed by atoms with Crippen LogP contribution in [0.2, 0.25) is 0 Å². The second-order valence-corrected chi connectivity index (χ2v) is 1.52. The molecule has 0 aliphatic heterocycles. The summed E-state index contributed by atoms with van der Waals surface area (Å²) in [5, 5.41) is 2.68. The summed E-state index contributed by atoms with van der Waals surface area (Å²) in [5.41, 5.74) is 0. The maximum Gasteiger partial charge on any atom is 0.173 e. The molecule has 3 heteroatoms. The Kier molecular flexibility index (Phi) is 3.39. The molecule has 0 aliphatic carbocycles. The molecule has 1 unspecified atom stereocenters. The van der Waals surface area contributed by atoms with Crippen molar-refractivity contribution < 1.29 is 9.53 Å². The van der Waals surface area contributed by atoms with E-state index in [4.69, 9.17) is 4.74 Å². The summed E-state index contributed by atoms with van der Waals surface area (Å²) in [6.45, 7) is 1.48. The molecule has 0 heterocycles. The Hall–Kier alpha value is -0.410. The van der Waals surface area contributed by atoms with E-state index in [0.717, 1.165) is 0 Å². The molecule has 0 amide bonds. The molecule has 0 aromatic carbocycles. The Bertz CT molecular complexity index is 78.5. The Morgan fingerprint density at radius 1 is 1.75 bits per heavy atom. The van der Waals surface area contributed by atoms with Gasteiger partial charge in [-0.1, -0.05) is 0 Å². The van der Waals surface area contributed by atoms with Crippen LogP contribution in [0, 0.1) is 0 Å². The Morgan fingerprint density at radius 2 is 2.25 bits per heavy atom. The third-order valence-corrected chi connectivity index (χ3v) is 0.867. The van der Waals surface area contributed by atoms with Gasteiger partial charge >= 0.3 is 0 Å². The highest BCUT2D eigenvalue weighted by Crippen LogP contribution is 1.82. The molecule has 3 nitrogen and oxygen atoms in total. The van der Waals surface area contributed by atoms with E-state index in [9.17, 15) is 4.79 Å². The van der Waals surface area contributed by atoms with Crippen molar-refractivity contribution in [2.75, 3.05) is 14.2 Å². The van der Waals surface area contributed by atoms with Crippen molar-refractivity contribution in [2.45, 2.75) is 13.2 Å². The summed E-state index contributed by atoms with van der Waals surface area (Å²) in [4.78, 5) is 10.4. The van der Waals surface area contributed by atoms with Gasteiger partial charge in [-0.3, -0.25) is 10.1 Å². The van der Waals surface area contributed by atoms with Crippen LogP contribution in [-0.4, -0.2) is 26.2 Å². The minimum Gasteiger partial charge on any atom is -0.359 e. The first kappa shape index (κ1) is 7.59. The Morgan fingerprint density at radius 3 is 2.25 bits per heavy atom. The maximum atomic E-state index is 10.4. The van der Waals surface area contributed by atoms with Gasteiger partial charge in [0.2, 0.25) is 0 Å².